The van der Waals surface area contributed by atoms with E-state index in [4.69, 9.17) is 16.3 Å². The molecule has 10 heteroatoms. The fourth-order valence-corrected chi connectivity index (χ4v) is 4.98. The molecule has 0 bridgehead atoms. The zero-order chi connectivity index (χ0) is 24.4. The van der Waals surface area contributed by atoms with Crippen LogP contribution in [-0.4, -0.2) is 45.2 Å². The first-order valence-corrected chi connectivity index (χ1v) is 12.2. The number of aromatic nitrogens is 3. The van der Waals surface area contributed by atoms with Crippen LogP contribution in [0.25, 0.3) is 0 Å². The molecule has 0 unspecified atom stereocenters. The maximum atomic E-state index is 14.1. The zero-order valence-corrected chi connectivity index (χ0v) is 19.9. The van der Waals surface area contributed by atoms with Crippen LogP contribution in [0.2, 0.25) is 5.02 Å². The molecule has 0 radical (unpaired) electrons. The lowest BCUT2D eigenvalue weighted by atomic mass is 9.99. The van der Waals surface area contributed by atoms with Gasteiger partial charge in [-0.25, -0.2) is 18.3 Å². The summed E-state index contributed by atoms with van der Waals surface area (Å²) in [5.41, 5.74) is 1.63. The number of anilines is 1. The molecule has 184 valence electrons. The van der Waals surface area contributed by atoms with Crippen LogP contribution >= 0.6 is 11.6 Å². The molecule has 1 aromatic heterocycles. The van der Waals surface area contributed by atoms with Gasteiger partial charge in [-0.2, -0.15) is 0 Å². The van der Waals surface area contributed by atoms with Crippen molar-refractivity contribution in [2.75, 3.05) is 18.0 Å². The Balaban J connectivity index is 1.40. The molecule has 2 aliphatic rings. The van der Waals surface area contributed by atoms with Gasteiger partial charge >= 0.3 is 6.09 Å². The summed E-state index contributed by atoms with van der Waals surface area (Å²) < 4.78 is 35.6. The van der Waals surface area contributed by atoms with Gasteiger partial charge < -0.3 is 4.74 Å². The van der Waals surface area contributed by atoms with Crippen LogP contribution in [0, 0.1) is 11.6 Å². The number of ether oxygens (including phenoxy) is 1. The smallest absolute Gasteiger partial charge is 0.415 e. The lowest BCUT2D eigenvalue weighted by Gasteiger charge is -2.25. The second-order valence-electron chi connectivity index (χ2n) is 9.04. The third-order valence-corrected chi connectivity index (χ3v) is 6.70. The predicted octanol–water partition coefficient (Wildman–Crippen LogP) is 5.35. The van der Waals surface area contributed by atoms with Gasteiger partial charge in [0.05, 0.1) is 12.2 Å². The Labute approximate surface area is 207 Å². The Bertz CT molecular complexity index is 1160. The van der Waals surface area contributed by atoms with Gasteiger partial charge in [-0.05, 0) is 67.9 Å². The molecule has 2 atom stereocenters. The van der Waals surface area contributed by atoms with Gasteiger partial charge in [0.1, 0.15) is 23.8 Å². The average molecular weight is 502 g/mol. The predicted molar refractivity (Wildman–Crippen MR) is 127 cm³/mol. The highest BCUT2D eigenvalue weighted by molar-refractivity contribution is 6.30. The van der Waals surface area contributed by atoms with Crippen LogP contribution in [0.3, 0.4) is 0 Å². The minimum atomic E-state index is -0.771. The highest BCUT2D eigenvalue weighted by Gasteiger charge is 2.44. The Hall–Kier alpha value is -3.04. The molecule has 0 N–H and O–H groups in total. The second-order valence-corrected chi connectivity index (χ2v) is 9.47. The summed E-state index contributed by atoms with van der Waals surface area (Å²) >= 11 is 6.01. The Morgan fingerprint density at radius 1 is 1.00 bits per heavy atom. The van der Waals surface area contributed by atoms with Crippen molar-refractivity contribution in [3.63, 3.8) is 0 Å². The van der Waals surface area contributed by atoms with Crippen LogP contribution in [0.1, 0.15) is 43.0 Å². The van der Waals surface area contributed by atoms with Crippen LogP contribution in [0.4, 0.5) is 19.3 Å². The molecule has 7 nitrogen and oxygen atoms in total. The molecule has 3 aromatic rings. The maximum absolute atomic E-state index is 14.1. The quantitative estimate of drug-likeness (QED) is 0.455. The van der Waals surface area contributed by atoms with Gasteiger partial charge in [0.2, 0.25) is 0 Å². The fourth-order valence-electron chi connectivity index (χ4n) is 4.85. The summed E-state index contributed by atoms with van der Waals surface area (Å²) in [6.07, 6.45) is 5.35. The number of carbonyl (C=O) groups excluding carboxylic acids is 1. The number of hydrogen-bond acceptors (Lipinski definition) is 5. The van der Waals surface area contributed by atoms with Crippen molar-refractivity contribution in [2.24, 2.45) is 0 Å². The number of carbonyl (C=O) groups is 1. The van der Waals surface area contributed by atoms with Crippen molar-refractivity contribution in [2.45, 2.75) is 50.9 Å². The van der Waals surface area contributed by atoms with E-state index in [0.29, 0.717) is 22.8 Å². The number of nitrogens with zero attached hydrogens (tertiary/aromatic N) is 5. The second kappa shape index (κ2) is 10.3. The normalized spacial score (nSPS) is 21.2. The summed E-state index contributed by atoms with van der Waals surface area (Å²) in [5.74, 6) is -1.45. The molecule has 2 fully saturated rings. The van der Waals surface area contributed by atoms with Gasteiger partial charge in [0.15, 0.2) is 0 Å². The number of benzene rings is 2. The number of amides is 1. The summed E-state index contributed by atoms with van der Waals surface area (Å²) in [6.45, 7) is 2.97. The van der Waals surface area contributed by atoms with E-state index in [1.165, 1.54) is 42.7 Å². The molecule has 2 aliphatic heterocycles. The summed E-state index contributed by atoms with van der Waals surface area (Å²) in [6, 6.07) is 9.10. The van der Waals surface area contributed by atoms with E-state index in [2.05, 4.69) is 15.2 Å². The molecule has 0 spiro atoms. The van der Waals surface area contributed by atoms with E-state index >= 15 is 0 Å². The van der Waals surface area contributed by atoms with Crippen molar-refractivity contribution in [1.29, 1.82) is 0 Å². The lowest BCUT2D eigenvalue weighted by molar-refractivity contribution is 0.117. The molecular formula is C25H26ClF2N5O2. The van der Waals surface area contributed by atoms with Crippen LogP contribution in [-0.2, 0) is 17.8 Å². The van der Waals surface area contributed by atoms with Crippen LogP contribution < -0.4 is 4.90 Å². The van der Waals surface area contributed by atoms with Gasteiger partial charge in [0, 0.05) is 29.5 Å². The van der Waals surface area contributed by atoms with E-state index in [9.17, 15) is 13.6 Å². The Morgan fingerprint density at radius 3 is 2.37 bits per heavy atom. The van der Waals surface area contributed by atoms with E-state index < -0.39 is 29.9 Å². The Kier molecular flexibility index (Phi) is 6.97. The molecule has 2 saturated heterocycles. The molecule has 1 amide bonds. The molecule has 0 saturated carbocycles. The molecule has 5 rings (SSSR count). The largest absolute Gasteiger partial charge is 0.441 e. The molecule has 35 heavy (non-hydrogen) atoms. The summed E-state index contributed by atoms with van der Waals surface area (Å²) in [7, 11) is 0. The molecule has 0 aliphatic carbocycles. The number of likely N-dealkylation sites (tertiary alicyclic amines) is 1. The molecule has 2 aromatic carbocycles. The SMILES string of the molecule is O=C1O[C@@H](Cn2cc(CN3CCCCCC3)nn2)[C@H](c2cc(F)cc(F)c2)N1c1ccc(Cl)cc1. The number of hydrogen-bond donors (Lipinski definition) is 0. The van der Waals surface area contributed by atoms with Crippen molar-refractivity contribution in [3.05, 3.63) is 76.6 Å². The van der Waals surface area contributed by atoms with E-state index in [0.717, 1.165) is 24.8 Å². The summed E-state index contributed by atoms with van der Waals surface area (Å²) in [5, 5.41) is 9.03. The van der Waals surface area contributed by atoms with Crippen molar-refractivity contribution in [1.82, 2.24) is 19.9 Å². The van der Waals surface area contributed by atoms with E-state index in [1.807, 2.05) is 6.20 Å². The van der Waals surface area contributed by atoms with Crippen molar-refractivity contribution < 1.29 is 18.3 Å². The minimum Gasteiger partial charge on any atom is -0.441 e. The third kappa shape index (κ3) is 5.46. The highest BCUT2D eigenvalue weighted by atomic mass is 35.5. The van der Waals surface area contributed by atoms with Crippen LogP contribution in [0.15, 0.2) is 48.7 Å². The van der Waals surface area contributed by atoms with E-state index in [-0.39, 0.29) is 6.54 Å². The number of cyclic esters (lactones) is 1. The average Bonchev–Trinajstić information content (AvgIpc) is 3.28. The Morgan fingerprint density at radius 2 is 1.69 bits per heavy atom. The standard InChI is InChI=1S/C25H26ClF2N5O2/c26-18-5-7-22(8-6-18)33-24(17-11-19(27)13-20(28)12-17)23(35-25(33)34)16-32-15-21(29-30-32)14-31-9-3-1-2-4-10-31/h5-8,11-13,15,23-24H,1-4,9-10,14,16H2/t23-,24-/m0/s1. The monoisotopic (exact) mass is 501 g/mol. The topological polar surface area (TPSA) is 63.5 Å². The van der Waals surface area contributed by atoms with Gasteiger partial charge in [-0.3, -0.25) is 9.80 Å². The molecule has 3 heterocycles. The highest BCUT2D eigenvalue weighted by Crippen LogP contribution is 2.39. The first kappa shape index (κ1) is 23.7. The summed E-state index contributed by atoms with van der Waals surface area (Å²) in [4.78, 5) is 16.7. The van der Waals surface area contributed by atoms with Gasteiger partial charge in [0.25, 0.3) is 0 Å². The van der Waals surface area contributed by atoms with Crippen LogP contribution in [0.5, 0.6) is 0 Å². The number of rotatable bonds is 6. The maximum Gasteiger partial charge on any atom is 0.415 e. The van der Waals surface area contributed by atoms with Crippen molar-refractivity contribution >= 4 is 23.4 Å². The first-order chi connectivity index (χ1) is 17.0. The van der Waals surface area contributed by atoms with Gasteiger partial charge in [-0.15, -0.1) is 5.10 Å². The van der Waals surface area contributed by atoms with Gasteiger partial charge in [-0.1, -0.05) is 29.7 Å². The zero-order valence-electron chi connectivity index (χ0n) is 19.1. The fraction of sp³-hybridized carbons (Fsp3) is 0.400. The van der Waals surface area contributed by atoms with E-state index in [1.54, 1.807) is 28.9 Å². The number of halogens is 3. The van der Waals surface area contributed by atoms with Crippen molar-refractivity contribution in [3.8, 4) is 0 Å². The third-order valence-electron chi connectivity index (χ3n) is 6.45. The molecular weight excluding hydrogens is 476 g/mol. The minimum absolute atomic E-state index is 0.186. The lowest BCUT2D eigenvalue weighted by Crippen LogP contribution is -2.31. The first-order valence-electron chi connectivity index (χ1n) is 11.8.